The molecule has 0 aliphatic carbocycles. The van der Waals surface area contributed by atoms with Gasteiger partial charge in [0.2, 0.25) is 0 Å². The second-order valence-corrected chi connectivity index (χ2v) is 4.38. The Hall–Kier alpha value is -2.57. The lowest BCUT2D eigenvalue weighted by atomic mass is 10.2. The number of amides is 1. The molecule has 22 heavy (non-hydrogen) atoms. The lowest BCUT2D eigenvalue weighted by molar-refractivity contribution is -0.274. The second kappa shape index (κ2) is 6.46. The van der Waals surface area contributed by atoms with Crippen LogP contribution in [-0.2, 0) is 6.54 Å². The van der Waals surface area contributed by atoms with Crippen LogP contribution in [0.3, 0.4) is 0 Å². The summed E-state index contributed by atoms with van der Waals surface area (Å²) in [6, 6.07) is 10.1. The summed E-state index contributed by atoms with van der Waals surface area (Å²) >= 11 is 0. The molecule has 0 heterocycles. The first-order chi connectivity index (χ1) is 10.3. The van der Waals surface area contributed by atoms with E-state index in [1.54, 1.807) is 0 Å². The summed E-state index contributed by atoms with van der Waals surface area (Å²) in [5.74, 6) is -1.19. The quantitative estimate of drug-likeness (QED) is 0.875. The number of carbonyl (C=O) groups excluding carboxylic acids is 1. The molecular weight excluding hydrogens is 302 g/mol. The van der Waals surface area contributed by atoms with E-state index in [0.717, 1.165) is 24.3 Å². The van der Waals surface area contributed by atoms with E-state index in [2.05, 4.69) is 10.1 Å². The molecule has 0 saturated heterocycles. The summed E-state index contributed by atoms with van der Waals surface area (Å²) < 4.78 is 52.5. The number of hydrogen-bond acceptors (Lipinski definition) is 2. The number of rotatable bonds is 4. The van der Waals surface area contributed by atoms with Crippen molar-refractivity contribution >= 4 is 5.91 Å². The molecule has 1 amide bonds. The maximum absolute atomic E-state index is 12.7. The Bertz CT molecular complexity index is 636. The van der Waals surface area contributed by atoms with Crippen molar-refractivity contribution in [2.24, 2.45) is 0 Å². The Kier molecular flexibility index (Phi) is 4.65. The highest BCUT2D eigenvalue weighted by atomic mass is 19.4. The van der Waals surface area contributed by atoms with E-state index >= 15 is 0 Å². The fourth-order valence-corrected chi connectivity index (χ4v) is 1.69. The van der Waals surface area contributed by atoms with Gasteiger partial charge in [-0.2, -0.15) is 0 Å². The third-order valence-corrected chi connectivity index (χ3v) is 2.72. The SMILES string of the molecule is O=C(NCc1ccc(OC(F)(F)F)cc1)c1ccc(F)cc1. The van der Waals surface area contributed by atoms with Crippen LogP contribution in [0.4, 0.5) is 17.6 Å². The van der Waals surface area contributed by atoms with Crippen LogP contribution in [-0.4, -0.2) is 12.3 Å². The Morgan fingerprint density at radius 1 is 1.00 bits per heavy atom. The average Bonchev–Trinajstić information content (AvgIpc) is 2.45. The van der Waals surface area contributed by atoms with Crippen molar-refractivity contribution in [2.75, 3.05) is 0 Å². The van der Waals surface area contributed by atoms with Crippen molar-refractivity contribution < 1.29 is 27.1 Å². The third-order valence-electron chi connectivity index (χ3n) is 2.72. The van der Waals surface area contributed by atoms with Gasteiger partial charge in [0.05, 0.1) is 0 Å². The van der Waals surface area contributed by atoms with E-state index in [0.29, 0.717) is 11.1 Å². The molecule has 0 atom stereocenters. The molecule has 0 radical (unpaired) electrons. The molecule has 0 bridgehead atoms. The summed E-state index contributed by atoms with van der Waals surface area (Å²) in [5, 5.41) is 2.58. The fraction of sp³-hybridized carbons (Fsp3) is 0.133. The minimum absolute atomic E-state index is 0.127. The minimum atomic E-state index is -4.74. The number of carbonyl (C=O) groups is 1. The van der Waals surface area contributed by atoms with Gasteiger partial charge in [-0.05, 0) is 42.0 Å². The summed E-state index contributed by atoms with van der Waals surface area (Å²) in [5.41, 5.74) is 0.892. The molecule has 0 aliphatic rings. The summed E-state index contributed by atoms with van der Waals surface area (Å²) in [6.45, 7) is 0.127. The van der Waals surface area contributed by atoms with Gasteiger partial charge in [-0.3, -0.25) is 4.79 Å². The van der Waals surface area contributed by atoms with Gasteiger partial charge in [0.1, 0.15) is 11.6 Å². The molecule has 2 aromatic carbocycles. The van der Waals surface area contributed by atoms with Gasteiger partial charge in [-0.1, -0.05) is 12.1 Å². The Morgan fingerprint density at radius 3 is 2.14 bits per heavy atom. The van der Waals surface area contributed by atoms with Crippen LogP contribution >= 0.6 is 0 Å². The van der Waals surface area contributed by atoms with Crippen LogP contribution in [0.25, 0.3) is 0 Å². The minimum Gasteiger partial charge on any atom is -0.406 e. The molecule has 0 aliphatic heterocycles. The molecular formula is C15H11F4NO2. The Morgan fingerprint density at radius 2 is 1.59 bits per heavy atom. The molecule has 2 rings (SSSR count). The van der Waals surface area contributed by atoms with Crippen LogP contribution < -0.4 is 10.1 Å². The van der Waals surface area contributed by atoms with E-state index in [1.165, 1.54) is 24.3 Å². The molecule has 7 heteroatoms. The van der Waals surface area contributed by atoms with E-state index in [4.69, 9.17) is 0 Å². The summed E-state index contributed by atoms with van der Waals surface area (Å²) in [4.78, 5) is 11.8. The number of hydrogen-bond donors (Lipinski definition) is 1. The largest absolute Gasteiger partial charge is 0.573 e. The number of benzene rings is 2. The Balaban J connectivity index is 1.91. The van der Waals surface area contributed by atoms with Crippen LogP contribution in [0, 0.1) is 5.82 Å². The lowest BCUT2D eigenvalue weighted by Crippen LogP contribution is -2.22. The van der Waals surface area contributed by atoms with Gasteiger partial charge in [0.25, 0.3) is 5.91 Å². The molecule has 0 aromatic heterocycles. The van der Waals surface area contributed by atoms with Crippen molar-refractivity contribution in [3.8, 4) is 5.75 Å². The standard InChI is InChI=1S/C15H11F4NO2/c16-12-5-3-11(4-6-12)14(21)20-9-10-1-7-13(8-2-10)22-15(17,18)19/h1-8H,9H2,(H,20,21). The molecule has 2 aromatic rings. The predicted molar refractivity (Wildman–Crippen MR) is 70.7 cm³/mol. The van der Waals surface area contributed by atoms with Crippen molar-refractivity contribution in [1.82, 2.24) is 5.32 Å². The topological polar surface area (TPSA) is 38.3 Å². The van der Waals surface area contributed by atoms with Gasteiger partial charge in [0, 0.05) is 12.1 Å². The maximum atomic E-state index is 12.7. The lowest BCUT2D eigenvalue weighted by Gasteiger charge is -2.09. The van der Waals surface area contributed by atoms with Gasteiger partial charge in [-0.25, -0.2) is 4.39 Å². The zero-order chi connectivity index (χ0) is 16.2. The summed E-state index contributed by atoms with van der Waals surface area (Å²) in [7, 11) is 0. The highest BCUT2D eigenvalue weighted by molar-refractivity contribution is 5.94. The first-order valence-electron chi connectivity index (χ1n) is 6.22. The van der Waals surface area contributed by atoms with Crippen molar-refractivity contribution in [3.05, 3.63) is 65.5 Å². The molecule has 0 fully saturated rings. The van der Waals surface area contributed by atoms with E-state index in [-0.39, 0.29) is 12.3 Å². The first-order valence-corrected chi connectivity index (χ1v) is 6.22. The van der Waals surface area contributed by atoms with Crippen LogP contribution in [0.1, 0.15) is 15.9 Å². The molecule has 0 saturated carbocycles. The van der Waals surface area contributed by atoms with Gasteiger partial charge in [0.15, 0.2) is 0 Å². The summed E-state index contributed by atoms with van der Waals surface area (Å²) in [6.07, 6.45) is -4.74. The van der Waals surface area contributed by atoms with Crippen LogP contribution in [0.5, 0.6) is 5.75 Å². The highest BCUT2D eigenvalue weighted by Gasteiger charge is 2.30. The zero-order valence-corrected chi connectivity index (χ0v) is 11.2. The zero-order valence-electron chi connectivity index (χ0n) is 11.2. The Labute approximate surface area is 123 Å². The second-order valence-electron chi connectivity index (χ2n) is 4.38. The molecule has 0 spiro atoms. The van der Waals surface area contributed by atoms with Crippen molar-refractivity contribution in [1.29, 1.82) is 0 Å². The molecule has 116 valence electrons. The highest BCUT2D eigenvalue weighted by Crippen LogP contribution is 2.22. The number of nitrogens with one attached hydrogen (secondary N) is 1. The number of halogens is 4. The van der Waals surface area contributed by atoms with E-state index < -0.39 is 18.1 Å². The molecule has 1 N–H and O–H groups in total. The van der Waals surface area contributed by atoms with Gasteiger partial charge in [-0.15, -0.1) is 13.2 Å². The van der Waals surface area contributed by atoms with Gasteiger partial charge >= 0.3 is 6.36 Å². The number of ether oxygens (including phenoxy) is 1. The number of alkyl halides is 3. The van der Waals surface area contributed by atoms with Crippen LogP contribution in [0.2, 0.25) is 0 Å². The third kappa shape index (κ3) is 4.76. The van der Waals surface area contributed by atoms with E-state index in [1.807, 2.05) is 0 Å². The smallest absolute Gasteiger partial charge is 0.406 e. The van der Waals surface area contributed by atoms with Gasteiger partial charge < -0.3 is 10.1 Å². The fourth-order valence-electron chi connectivity index (χ4n) is 1.69. The first kappa shape index (κ1) is 15.8. The maximum Gasteiger partial charge on any atom is 0.573 e. The molecule has 0 unspecified atom stereocenters. The van der Waals surface area contributed by atoms with E-state index in [9.17, 15) is 22.4 Å². The van der Waals surface area contributed by atoms with Crippen molar-refractivity contribution in [3.63, 3.8) is 0 Å². The normalized spacial score (nSPS) is 11.1. The molecule has 3 nitrogen and oxygen atoms in total. The monoisotopic (exact) mass is 313 g/mol. The average molecular weight is 313 g/mol. The van der Waals surface area contributed by atoms with Crippen molar-refractivity contribution in [2.45, 2.75) is 12.9 Å². The van der Waals surface area contributed by atoms with Crippen LogP contribution in [0.15, 0.2) is 48.5 Å². The predicted octanol–water partition coefficient (Wildman–Crippen LogP) is 3.65.